The Balaban J connectivity index is 1.92. The lowest BCUT2D eigenvalue weighted by Crippen LogP contribution is -2.34. The number of hydrogen-bond donors (Lipinski definition) is 1. The first kappa shape index (κ1) is 16.8. The molecule has 1 amide bonds. The van der Waals surface area contributed by atoms with Crippen LogP contribution in [0.5, 0.6) is 5.75 Å². The van der Waals surface area contributed by atoms with Gasteiger partial charge in [-0.05, 0) is 47.9 Å². The van der Waals surface area contributed by atoms with E-state index >= 15 is 0 Å². The van der Waals surface area contributed by atoms with Crippen LogP contribution in [0.2, 0.25) is 5.02 Å². The normalized spacial score (nSPS) is 16.2. The number of ether oxygens (including phenoxy) is 2. The van der Waals surface area contributed by atoms with Crippen LogP contribution < -0.4 is 10.1 Å². The van der Waals surface area contributed by atoms with E-state index in [-0.39, 0.29) is 18.6 Å². The van der Waals surface area contributed by atoms with Crippen molar-refractivity contribution in [1.82, 2.24) is 5.32 Å². The number of fused-ring (bicyclic) bond motifs is 1. The zero-order chi connectivity index (χ0) is 17.1. The molecule has 0 fully saturated rings. The number of carbonyl (C=O) groups excluding carboxylic acids is 1. The summed E-state index contributed by atoms with van der Waals surface area (Å²) in [4.78, 5) is 11.9. The van der Waals surface area contributed by atoms with Crippen molar-refractivity contribution in [1.29, 1.82) is 0 Å². The Labute approximate surface area is 146 Å². The summed E-state index contributed by atoms with van der Waals surface area (Å²) in [5, 5.41) is 3.76. The van der Waals surface area contributed by atoms with Crippen LogP contribution in [-0.4, -0.2) is 26.2 Å². The van der Waals surface area contributed by atoms with E-state index in [2.05, 4.69) is 17.4 Å². The predicted molar refractivity (Wildman–Crippen MR) is 94.5 cm³/mol. The molecule has 1 aliphatic heterocycles. The average molecular weight is 346 g/mol. The highest BCUT2D eigenvalue weighted by Gasteiger charge is 2.23. The topological polar surface area (TPSA) is 47.6 Å². The van der Waals surface area contributed by atoms with Gasteiger partial charge in [-0.15, -0.1) is 0 Å². The van der Waals surface area contributed by atoms with E-state index in [1.165, 1.54) is 7.11 Å². The van der Waals surface area contributed by atoms with E-state index in [0.717, 1.165) is 39.4 Å². The molecule has 0 saturated carbocycles. The largest absolute Gasteiger partial charge is 0.493 e. The molecular formula is C19H20ClNO3. The maximum atomic E-state index is 11.9. The summed E-state index contributed by atoms with van der Waals surface area (Å²) in [7, 11) is 1.51. The van der Waals surface area contributed by atoms with Crippen LogP contribution >= 0.6 is 11.6 Å². The summed E-state index contributed by atoms with van der Waals surface area (Å²) in [6.07, 6.45) is 0.742. The quantitative estimate of drug-likeness (QED) is 0.914. The number of aryl methyl sites for hydroxylation is 1. The van der Waals surface area contributed by atoms with Crippen molar-refractivity contribution in [2.75, 3.05) is 20.3 Å². The maximum Gasteiger partial charge on any atom is 0.246 e. The highest BCUT2D eigenvalue weighted by atomic mass is 35.5. The first-order chi connectivity index (χ1) is 11.6. The number of amides is 1. The summed E-state index contributed by atoms with van der Waals surface area (Å²) in [5.41, 5.74) is 4.20. The molecule has 1 unspecified atom stereocenters. The Morgan fingerprint density at radius 2 is 2.04 bits per heavy atom. The molecule has 2 aromatic carbocycles. The molecule has 5 heteroatoms. The zero-order valence-electron chi connectivity index (χ0n) is 13.8. The van der Waals surface area contributed by atoms with E-state index in [0.29, 0.717) is 6.61 Å². The minimum Gasteiger partial charge on any atom is -0.493 e. The van der Waals surface area contributed by atoms with Crippen molar-refractivity contribution in [2.45, 2.75) is 19.4 Å². The molecule has 126 valence electrons. The van der Waals surface area contributed by atoms with Gasteiger partial charge in [-0.1, -0.05) is 23.7 Å². The molecule has 1 N–H and O–H groups in total. The van der Waals surface area contributed by atoms with Crippen molar-refractivity contribution in [2.24, 2.45) is 0 Å². The van der Waals surface area contributed by atoms with E-state index in [1.807, 2.05) is 31.2 Å². The number of hydrogen-bond acceptors (Lipinski definition) is 3. The lowest BCUT2D eigenvalue weighted by atomic mass is 9.95. The number of halogens is 1. The molecule has 0 bridgehead atoms. The van der Waals surface area contributed by atoms with Gasteiger partial charge in [0.15, 0.2) is 0 Å². The second-order valence-corrected chi connectivity index (χ2v) is 6.31. The van der Waals surface area contributed by atoms with Crippen molar-refractivity contribution in [3.63, 3.8) is 0 Å². The van der Waals surface area contributed by atoms with Crippen LogP contribution in [0, 0.1) is 6.92 Å². The second-order valence-electron chi connectivity index (χ2n) is 5.91. The third kappa shape index (κ3) is 3.55. The van der Waals surface area contributed by atoms with Crippen LogP contribution in [-0.2, 0) is 9.53 Å². The van der Waals surface area contributed by atoms with Gasteiger partial charge in [-0.25, -0.2) is 0 Å². The Morgan fingerprint density at radius 1 is 1.29 bits per heavy atom. The smallest absolute Gasteiger partial charge is 0.246 e. The van der Waals surface area contributed by atoms with E-state index in [1.54, 1.807) is 0 Å². The molecule has 1 atom stereocenters. The number of benzene rings is 2. The third-order valence-corrected chi connectivity index (χ3v) is 4.58. The fraction of sp³-hybridized carbons (Fsp3) is 0.316. The molecule has 24 heavy (non-hydrogen) atoms. The monoisotopic (exact) mass is 345 g/mol. The average Bonchev–Trinajstić information content (AvgIpc) is 2.57. The fourth-order valence-electron chi connectivity index (χ4n) is 2.92. The van der Waals surface area contributed by atoms with Gasteiger partial charge in [0.05, 0.1) is 12.6 Å². The van der Waals surface area contributed by atoms with Gasteiger partial charge >= 0.3 is 0 Å². The molecule has 4 nitrogen and oxygen atoms in total. The van der Waals surface area contributed by atoms with Crippen molar-refractivity contribution < 1.29 is 14.3 Å². The Bertz CT molecular complexity index is 760. The first-order valence-corrected chi connectivity index (χ1v) is 8.28. The highest BCUT2D eigenvalue weighted by molar-refractivity contribution is 6.31. The summed E-state index contributed by atoms with van der Waals surface area (Å²) in [6, 6.07) is 12.0. The van der Waals surface area contributed by atoms with Crippen molar-refractivity contribution in [3.05, 3.63) is 52.5 Å². The van der Waals surface area contributed by atoms with Crippen LogP contribution in [0.3, 0.4) is 0 Å². The molecule has 1 aliphatic rings. The van der Waals surface area contributed by atoms with Gasteiger partial charge in [-0.3, -0.25) is 4.79 Å². The molecule has 0 radical (unpaired) electrons. The number of nitrogens with one attached hydrogen (secondary N) is 1. The fourth-order valence-corrected chi connectivity index (χ4v) is 3.03. The van der Waals surface area contributed by atoms with E-state index in [4.69, 9.17) is 21.1 Å². The predicted octanol–water partition coefficient (Wildman–Crippen LogP) is 3.90. The summed E-state index contributed by atoms with van der Waals surface area (Å²) in [6.45, 7) is 2.63. The molecule has 1 heterocycles. The summed E-state index contributed by atoms with van der Waals surface area (Å²) >= 11 is 6.11. The van der Waals surface area contributed by atoms with Crippen LogP contribution in [0.15, 0.2) is 36.4 Å². The standard InChI is InChI=1S/C19H20ClNO3/c1-12-9-13(3-5-16(12)20)14-4-6-18-15(10-14)17(7-8-24-18)21-19(22)11-23-2/h3-6,9-10,17H,7-8,11H2,1-2H3,(H,21,22). The highest BCUT2D eigenvalue weighted by Crippen LogP contribution is 2.36. The Kier molecular flexibility index (Phi) is 5.07. The molecular weight excluding hydrogens is 326 g/mol. The number of methoxy groups -OCH3 is 1. The molecule has 0 saturated heterocycles. The zero-order valence-corrected chi connectivity index (χ0v) is 14.5. The van der Waals surface area contributed by atoms with Crippen molar-refractivity contribution >= 4 is 17.5 Å². The summed E-state index contributed by atoms with van der Waals surface area (Å²) < 4.78 is 10.6. The second kappa shape index (κ2) is 7.24. The van der Waals surface area contributed by atoms with Gasteiger partial charge in [0, 0.05) is 24.1 Å². The van der Waals surface area contributed by atoms with E-state index < -0.39 is 0 Å². The third-order valence-electron chi connectivity index (χ3n) is 4.15. The Morgan fingerprint density at radius 3 is 2.79 bits per heavy atom. The lowest BCUT2D eigenvalue weighted by molar-refractivity contribution is -0.125. The maximum absolute atomic E-state index is 11.9. The minimum absolute atomic E-state index is 0.0583. The first-order valence-electron chi connectivity index (χ1n) is 7.90. The lowest BCUT2D eigenvalue weighted by Gasteiger charge is -2.27. The SMILES string of the molecule is COCC(=O)NC1CCOc2ccc(-c3ccc(Cl)c(C)c3)cc21. The number of rotatable bonds is 4. The molecule has 3 rings (SSSR count). The number of carbonyl (C=O) groups is 1. The molecule has 0 spiro atoms. The van der Waals surface area contributed by atoms with Crippen LogP contribution in [0.25, 0.3) is 11.1 Å². The van der Waals surface area contributed by atoms with Crippen molar-refractivity contribution in [3.8, 4) is 16.9 Å². The minimum atomic E-state index is -0.122. The van der Waals surface area contributed by atoms with Crippen LogP contribution in [0.4, 0.5) is 0 Å². The van der Waals surface area contributed by atoms with Gasteiger partial charge in [0.25, 0.3) is 0 Å². The van der Waals surface area contributed by atoms with E-state index in [9.17, 15) is 4.79 Å². The molecule has 0 aliphatic carbocycles. The molecule has 0 aromatic heterocycles. The van der Waals surface area contributed by atoms with Gasteiger partial charge in [0.2, 0.25) is 5.91 Å². The van der Waals surface area contributed by atoms with Gasteiger partial charge in [-0.2, -0.15) is 0 Å². The van der Waals surface area contributed by atoms with Gasteiger partial charge in [0.1, 0.15) is 12.4 Å². The Hall–Kier alpha value is -2.04. The van der Waals surface area contributed by atoms with Gasteiger partial charge < -0.3 is 14.8 Å². The summed E-state index contributed by atoms with van der Waals surface area (Å²) in [5.74, 6) is 0.696. The van der Waals surface area contributed by atoms with Crippen LogP contribution in [0.1, 0.15) is 23.6 Å². The molecule has 2 aromatic rings.